The summed E-state index contributed by atoms with van der Waals surface area (Å²) in [5.41, 5.74) is 2.84. The summed E-state index contributed by atoms with van der Waals surface area (Å²) in [7, 11) is 1.34. The Morgan fingerprint density at radius 3 is 1.83 bits per heavy atom. The van der Waals surface area contributed by atoms with Crippen LogP contribution in [0.4, 0.5) is 0 Å². The molecule has 0 saturated carbocycles. The van der Waals surface area contributed by atoms with E-state index in [-0.39, 0.29) is 5.75 Å². The molecule has 0 aliphatic rings. The van der Waals surface area contributed by atoms with Gasteiger partial charge in [0.1, 0.15) is 0 Å². The first-order valence-corrected chi connectivity index (χ1v) is 11.3. The van der Waals surface area contributed by atoms with Crippen LogP contribution in [-0.4, -0.2) is 29.7 Å². The van der Waals surface area contributed by atoms with Gasteiger partial charge in [-0.1, -0.05) is 42.5 Å². The van der Waals surface area contributed by atoms with Gasteiger partial charge in [0.05, 0.1) is 32.0 Å². The minimum atomic E-state index is -3.41. The average molecular weight is 427 g/mol. The first kappa shape index (κ1) is 21.7. The second-order valence-corrected chi connectivity index (χ2v) is 8.86. The predicted octanol–water partition coefficient (Wildman–Crippen LogP) is 4.47. The van der Waals surface area contributed by atoms with Gasteiger partial charge in [-0.05, 0) is 53.8 Å². The van der Waals surface area contributed by atoms with E-state index in [1.165, 1.54) is 0 Å². The first-order chi connectivity index (χ1) is 14.5. The van der Waals surface area contributed by atoms with E-state index >= 15 is 0 Å². The monoisotopic (exact) mass is 426 g/mol. The smallest absolute Gasteiger partial charge is 0.203 e. The summed E-state index contributed by atoms with van der Waals surface area (Å²) in [4.78, 5) is 0.337. The van der Waals surface area contributed by atoms with Crippen LogP contribution in [-0.2, 0) is 28.4 Å². The van der Waals surface area contributed by atoms with Crippen LogP contribution in [0.1, 0.15) is 16.7 Å². The lowest BCUT2D eigenvalue weighted by molar-refractivity contribution is 0.324. The van der Waals surface area contributed by atoms with Crippen molar-refractivity contribution in [3.63, 3.8) is 0 Å². The second-order valence-electron chi connectivity index (χ2n) is 6.87. The molecule has 0 spiro atoms. The summed E-state index contributed by atoms with van der Waals surface area (Å²) < 4.78 is 41.9. The standard InChI is InChI=1S/C24H26O5S/c1-27-22-15-18(16-23(28-2)24(22)29-3)13-14-19-9-7-8-10-20(19)17-30(25,26)21-11-5-4-6-12-21/h4-12,15-16H,13-14,17H2,1-3H3. The van der Waals surface area contributed by atoms with Crippen molar-refractivity contribution < 1.29 is 22.6 Å². The Morgan fingerprint density at radius 2 is 1.27 bits per heavy atom. The molecule has 0 aliphatic heterocycles. The van der Waals surface area contributed by atoms with E-state index in [0.717, 1.165) is 16.7 Å². The zero-order valence-corrected chi connectivity index (χ0v) is 18.2. The third-order valence-corrected chi connectivity index (χ3v) is 6.66. The fourth-order valence-electron chi connectivity index (χ4n) is 3.42. The molecule has 0 heterocycles. The molecule has 0 aromatic heterocycles. The fraction of sp³-hybridized carbons (Fsp3) is 0.250. The topological polar surface area (TPSA) is 61.8 Å². The molecule has 0 saturated heterocycles. The van der Waals surface area contributed by atoms with Crippen LogP contribution in [0.25, 0.3) is 0 Å². The van der Waals surface area contributed by atoms with Crippen LogP contribution in [0.2, 0.25) is 0 Å². The summed E-state index contributed by atoms with van der Waals surface area (Å²) in [5.74, 6) is 1.74. The fourth-order valence-corrected chi connectivity index (χ4v) is 4.85. The van der Waals surface area contributed by atoms with E-state index in [2.05, 4.69) is 0 Å². The number of hydrogen-bond donors (Lipinski definition) is 0. The van der Waals surface area contributed by atoms with Gasteiger partial charge in [0, 0.05) is 0 Å². The van der Waals surface area contributed by atoms with Gasteiger partial charge >= 0.3 is 0 Å². The van der Waals surface area contributed by atoms with E-state index < -0.39 is 9.84 Å². The van der Waals surface area contributed by atoms with Crippen molar-refractivity contribution in [3.05, 3.63) is 83.4 Å². The van der Waals surface area contributed by atoms with Gasteiger partial charge in [-0.15, -0.1) is 0 Å². The highest BCUT2D eigenvalue weighted by Gasteiger charge is 2.17. The van der Waals surface area contributed by atoms with E-state index in [9.17, 15) is 8.42 Å². The lowest BCUT2D eigenvalue weighted by atomic mass is 10.00. The predicted molar refractivity (Wildman–Crippen MR) is 117 cm³/mol. The van der Waals surface area contributed by atoms with E-state index in [1.807, 2.05) is 42.5 Å². The molecule has 0 N–H and O–H groups in total. The highest BCUT2D eigenvalue weighted by molar-refractivity contribution is 7.90. The van der Waals surface area contributed by atoms with Crippen molar-refractivity contribution in [1.82, 2.24) is 0 Å². The summed E-state index contributed by atoms with van der Waals surface area (Å²) in [6.07, 6.45) is 1.40. The molecule has 0 aliphatic carbocycles. The number of benzene rings is 3. The molecule has 158 valence electrons. The minimum Gasteiger partial charge on any atom is -0.493 e. The van der Waals surface area contributed by atoms with E-state index in [4.69, 9.17) is 14.2 Å². The number of hydrogen-bond acceptors (Lipinski definition) is 5. The molecular formula is C24H26O5S. The summed E-state index contributed by atoms with van der Waals surface area (Å²) in [6.45, 7) is 0. The summed E-state index contributed by atoms with van der Waals surface area (Å²) in [5, 5.41) is 0. The largest absolute Gasteiger partial charge is 0.493 e. The summed E-state index contributed by atoms with van der Waals surface area (Å²) in [6, 6.07) is 20.1. The van der Waals surface area contributed by atoms with E-state index in [0.29, 0.717) is 35.0 Å². The van der Waals surface area contributed by atoms with Crippen LogP contribution in [0.5, 0.6) is 17.2 Å². The minimum absolute atomic E-state index is 0.0254. The zero-order valence-electron chi connectivity index (χ0n) is 17.4. The summed E-state index contributed by atoms with van der Waals surface area (Å²) >= 11 is 0. The Morgan fingerprint density at radius 1 is 0.700 bits per heavy atom. The molecule has 0 atom stereocenters. The Bertz CT molecular complexity index is 1070. The number of ether oxygens (including phenoxy) is 3. The highest BCUT2D eigenvalue weighted by atomic mass is 32.2. The van der Waals surface area contributed by atoms with Gasteiger partial charge in [0.2, 0.25) is 5.75 Å². The maximum atomic E-state index is 12.8. The molecule has 3 rings (SSSR count). The van der Waals surface area contributed by atoms with Gasteiger partial charge < -0.3 is 14.2 Å². The van der Waals surface area contributed by atoms with Gasteiger partial charge in [0.25, 0.3) is 0 Å². The molecule has 5 nitrogen and oxygen atoms in total. The quantitative estimate of drug-likeness (QED) is 0.505. The second kappa shape index (κ2) is 9.67. The van der Waals surface area contributed by atoms with Crippen LogP contribution in [0.15, 0.2) is 71.6 Å². The van der Waals surface area contributed by atoms with Gasteiger partial charge in [0.15, 0.2) is 21.3 Å². The zero-order chi connectivity index (χ0) is 21.6. The SMILES string of the molecule is COc1cc(CCc2ccccc2CS(=O)(=O)c2ccccc2)cc(OC)c1OC. The van der Waals surface area contributed by atoms with Crippen molar-refractivity contribution in [3.8, 4) is 17.2 Å². The lowest BCUT2D eigenvalue weighted by Gasteiger charge is -2.15. The number of rotatable bonds is 9. The molecule has 3 aromatic carbocycles. The van der Waals surface area contributed by atoms with Crippen molar-refractivity contribution in [1.29, 1.82) is 0 Å². The molecule has 0 radical (unpaired) electrons. The van der Waals surface area contributed by atoms with Crippen LogP contribution >= 0.6 is 0 Å². The first-order valence-electron chi connectivity index (χ1n) is 9.62. The van der Waals surface area contributed by atoms with Crippen molar-refractivity contribution in [2.24, 2.45) is 0 Å². The highest BCUT2D eigenvalue weighted by Crippen LogP contribution is 2.38. The van der Waals surface area contributed by atoms with Crippen molar-refractivity contribution in [2.45, 2.75) is 23.5 Å². The van der Waals surface area contributed by atoms with Gasteiger partial charge in [-0.2, -0.15) is 0 Å². The molecule has 3 aromatic rings. The molecule has 30 heavy (non-hydrogen) atoms. The number of aryl methyl sites for hydroxylation is 2. The average Bonchev–Trinajstić information content (AvgIpc) is 2.78. The van der Waals surface area contributed by atoms with Crippen LogP contribution in [0.3, 0.4) is 0 Å². The Hall–Kier alpha value is -2.99. The van der Waals surface area contributed by atoms with Crippen LogP contribution < -0.4 is 14.2 Å². The third-order valence-electron chi connectivity index (χ3n) is 4.97. The Balaban J connectivity index is 1.83. The van der Waals surface area contributed by atoms with Gasteiger partial charge in [-0.25, -0.2) is 8.42 Å². The normalized spacial score (nSPS) is 11.2. The van der Waals surface area contributed by atoms with Crippen molar-refractivity contribution in [2.75, 3.05) is 21.3 Å². The Kier molecular flexibility index (Phi) is 7.00. The molecule has 0 amide bonds. The van der Waals surface area contributed by atoms with Crippen molar-refractivity contribution >= 4 is 9.84 Å². The van der Waals surface area contributed by atoms with E-state index in [1.54, 1.807) is 45.6 Å². The molecule has 0 fully saturated rings. The molecule has 0 bridgehead atoms. The number of methoxy groups -OCH3 is 3. The molecular weight excluding hydrogens is 400 g/mol. The van der Waals surface area contributed by atoms with Crippen LogP contribution in [0, 0.1) is 0 Å². The van der Waals surface area contributed by atoms with Gasteiger partial charge in [-0.3, -0.25) is 0 Å². The maximum Gasteiger partial charge on any atom is 0.203 e. The third kappa shape index (κ3) is 4.94. The maximum absolute atomic E-state index is 12.8. The number of sulfone groups is 1. The molecule has 6 heteroatoms. The Labute approximate surface area is 178 Å². The molecule has 0 unspecified atom stereocenters. The lowest BCUT2D eigenvalue weighted by Crippen LogP contribution is -2.07.